The molecule has 0 aliphatic heterocycles. The van der Waals surface area contributed by atoms with Crippen LogP contribution in [0.2, 0.25) is 5.02 Å². The van der Waals surface area contributed by atoms with E-state index in [2.05, 4.69) is 0 Å². The fourth-order valence-electron chi connectivity index (χ4n) is 2.27. The van der Waals surface area contributed by atoms with Crippen molar-refractivity contribution in [3.63, 3.8) is 0 Å². The second-order valence-corrected chi connectivity index (χ2v) is 5.45. The Morgan fingerprint density at radius 2 is 1.90 bits per heavy atom. The van der Waals surface area contributed by atoms with Crippen LogP contribution >= 0.6 is 11.6 Å². The molecule has 0 saturated carbocycles. The third kappa shape index (κ3) is 3.33. The van der Waals surface area contributed by atoms with E-state index in [-0.39, 0.29) is 0 Å². The summed E-state index contributed by atoms with van der Waals surface area (Å²) in [6, 6.07) is 11.6. The Hall–Kier alpha value is -1.51. The summed E-state index contributed by atoms with van der Waals surface area (Å²) in [5.74, 6) is 0.806. The summed E-state index contributed by atoms with van der Waals surface area (Å²) in [6.45, 7) is 3.97. The molecule has 0 saturated heterocycles. The van der Waals surface area contributed by atoms with Crippen molar-refractivity contribution >= 4 is 11.6 Å². The number of halogens is 1. The van der Waals surface area contributed by atoms with Crippen molar-refractivity contribution in [1.82, 2.24) is 0 Å². The molecule has 1 N–H and O–H groups in total. The molecule has 0 bridgehead atoms. The van der Waals surface area contributed by atoms with E-state index in [0.717, 1.165) is 28.0 Å². The lowest BCUT2D eigenvalue weighted by atomic mass is 9.98. The second kappa shape index (κ2) is 6.29. The molecule has 0 radical (unpaired) electrons. The van der Waals surface area contributed by atoms with E-state index in [1.165, 1.54) is 0 Å². The van der Waals surface area contributed by atoms with Gasteiger partial charge >= 0.3 is 0 Å². The Morgan fingerprint density at radius 3 is 2.55 bits per heavy atom. The monoisotopic (exact) mass is 290 g/mol. The SMILES string of the molecule is COc1ccc(C)cc1CC(O)c1ccc(Cl)c(C)c1. The van der Waals surface area contributed by atoms with Crippen molar-refractivity contribution in [2.75, 3.05) is 7.11 Å². The standard InChI is InChI=1S/C17H19ClO2/c1-11-4-7-17(20-3)14(8-11)10-16(19)13-5-6-15(18)12(2)9-13/h4-9,16,19H,10H2,1-3H3. The fourth-order valence-corrected chi connectivity index (χ4v) is 2.39. The van der Waals surface area contributed by atoms with Crippen molar-refractivity contribution < 1.29 is 9.84 Å². The molecule has 2 aromatic carbocycles. The zero-order valence-corrected chi connectivity index (χ0v) is 12.7. The predicted molar refractivity (Wildman–Crippen MR) is 82.6 cm³/mol. The third-order valence-corrected chi connectivity index (χ3v) is 3.84. The van der Waals surface area contributed by atoms with E-state index < -0.39 is 6.10 Å². The van der Waals surface area contributed by atoms with Gasteiger partial charge in [0.2, 0.25) is 0 Å². The van der Waals surface area contributed by atoms with Crippen molar-refractivity contribution in [2.24, 2.45) is 0 Å². The molecule has 106 valence electrons. The zero-order valence-electron chi connectivity index (χ0n) is 12.0. The molecule has 20 heavy (non-hydrogen) atoms. The van der Waals surface area contributed by atoms with Crippen molar-refractivity contribution in [3.8, 4) is 5.75 Å². The van der Waals surface area contributed by atoms with Gasteiger partial charge < -0.3 is 9.84 Å². The number of aliphatic hydroxyl groups excluding tert-OH is 1. The van der Waals surface area contributed by atoms with Gasteiger partial charge in [-0.05, 0) is 42.7 Å². The molecule has 0 spiro atoms. The number of rotatable bonds is 4. The highest BCUT2D eigenvalue weighted by molar-refractivity contribution is 6.31. The van der Waals surface area contributed by atoms with Gasteiger partial charge in [0.25, 0.3) is 0 Å². The van der Waals surface area contributed by atoms with Gasteiger partial charge in [0.1, 0.15) is 5.75 Å². The van der Waals surface area contributed by atoms with Crippen LogP contribution in [-0.2, 0) is 6.42 Å². The smallest absolute Gasteiger partial charge is 0.122 e. The Bertz CT molecular complexity index is 608. The topological polar surface area (TPSA) is 29.5 Å². The van der Waals surface area contributed by atoms with Crippen LogP contribution in [0.15, 0.2) is 36.4 Å². The second-order valence-electron chi connectivity index (χ2n) is 5.04. The molecule has 0 aliphatic carbocycles. The molecule has 0 aliphatic rings. The van der Waals surface area contributed by atoms with E-state index in [1.807, 2.05) is 50.2 Å². The molecule has 2 nitrogen and oxygen atoms in total. The quantitative estimate of drug-likeness (QED) is 0.912. The summed E-state index contributed by atoms with van der Waals surface area (Å²) in [4.78, 5) is 0. The van der Waals surface area contributed by atoms with Crippen LogP contribution in [0.3, 0.4) is 0 Å². The van der Waals surface area contributed by atoms with Crippen LogP contribution in [0.1, 0.15) is 28.4 Å². The van der Waals surface area contributed by atoms with Crippen LogP contribution in [0.5, 0.6) is 5.75 Å². The van der Waals surface area contributed by atoms with Crippen LogP contribution in [0.4, 0.5) is 0 Å². The average molecular weight is 291 g/mol. The summed E-state index contributed by atoms with van der Waals surface area (Å²) in [5.41, 5.74) is 4.00. The maximum Gasteiger partial charge on any atom is 0.122 e. The van der Waals surface area contributed by atoms with Gasteiger partial charge in [-0.25, -0.2) is 0 Å². The van der Waals surface area contributed by atoms with Crippen molar-refractivity contribution in [1.29, 1.82) is 0 Å². The Labute approximate surface area is 125 Å². The first-order chi connectivity index (χ1) is 9.51. The van der Waals surface area contributed by atoms with Crippen LogP contribution in [0, 0.1) is 13.8 Å². The normalized spacial score (nSPS) is 12.2. The third-order valence-electron chi connectivity index (χ3n) is 3.42. The lowest BCUT2D eigenvalue weighted by Crippen LogP contribution is -2.04. The number of aliphatic hydroxyl groups is 1. The summed E-state index contributed by atoms with van der Waals surface area (Å²) in [5, 5.41) is 11.1. The molecule has 1 atom stereocenters. The van der Waals surface area contributed by atoms with Crippen molar-refractivity contribution in [3.05, 3.63) is 63.7 Å². The van der Waals surface area contributed by atoms with Crippen LogP contribution in [-0.4, -0.2) is 12.2 Å². The lowest BCUT2D eigenvalue weighted by Gasteiger charge is -2.15. The van der Waals surface area contributed by atoms with E-state index in [1.54, 1.807) is 7.11 Å². The Kier molecular flexibility index (Phi) is 4.69. The minimum absolute atomic E-state index is 0.520. The first kappa shape index (κ1) is 14.9. The number of hydrogen-bond donors (Lipinski definition) is 1. The number of hydrogen-bond acceptors (Lipinski definition) is 2. The molecule has 0 fully saturated rings. The first-order valence-electron chi connectivity index (χ1n) is 6.59. The summed E-state index contributed by atoms with van der Waals surface area (Å²) in [6.07, 6.45) is -0.0481. The lowest BCUT2D eigenvalue weighted by molar-refractivity contribution is 0.177. The van der Waals surface area contributed by atoms with E-state index in [4.69, 9.17) is 16.3 Å². The largest absolute Gasteiger partial charge is 0.496 e. The predicted octanol–water partition coefficient (Wildman–Crippen LogP) is 4.24. The summed E-state index contributed by atoms with van der Waals surface area (Å²) < 4.78 is 5.35. The Balaban J connectivity index is 2.24. The molecule has 0 aromatic heterocycles. The van der Waals surface area contributed by atoms with Gasteiger partial charge in [-0.2, -0.15) is 0 Å². The molecule has 2 rings (SSSR count). The number of aryl methyl sites for hydroxylation is 2. The van der Waals surface area contributed by atoms with E-state index in [9.17, 15) is 5.11 Å². The van der Waals surface area contributed by atoms with Crippen LogP contribution in [0.25, 0.3) is 0 Å². The van der Waals surface area contributed by atoms with E-state index in [0.29, 0.717) is 11.4 Å². The van der Waals surface area contributed by atoms with E-state index >= 15 is 0 Å². The summed E-state index contributed by atoms with van der Waals surface area (Å²) in [7, 11) is 1.65. The average Bonchev–Trinajstić information content (AvgIpc) is 2.42. The minimum atomic E-state index is -0.568. The minimum Gasteiger partial charge on any atom is -0.496 e. The Morgan fingerprint density at radius 1 is 1.15 bits per heavy atom. The van der Waals surface area contributed by atoms with Gasteiger partial charge in [-0.15, -0.1) is 0 Å². The maximum absolute atomic E-state index is 10.4. The highest BCUT2D eigenvalue weighted by atomic mass is 35.5. The summed E-state index contributed by atoms with van der Waals surface area (Å²) >= 11 is 6.01. The van der Waals surface area contributed by atoms with Crippen LogP contribution < -0.4 is 4.74 Å². The van der Waals surface area contributed by atoms with Gasteiger partial charge in [0.05, 0.1) is 13.2 Å². The molecule has 0 heterocycles. The number of methoxy groups -OCH3 is 1. The molecule has 2 aromatic rings. The van der Waals surface area contributed by atoms with Gasteiger partial charge in [0, 0.05) is 11.4 Å². The number of ether oxygens (including phenoxy) is 1. The maximum atomic E-state index is 10.4. The molecule has 0 amide bonds. The molecule has 1 unspecified atom stereocenters. The first-order valence-corrected chi connectivity index (χ1v) is 6.96. The van der Waals surface area contributed by atoms with Crippen molar-refractivity contribution in [2.45, 2.75) is 26.4 Å². The molecular formula is C17H19ClO2. The zero-order chi connectivity index (χ0) is 14.7. The highest BCUT2D eigenvalue weighted by Gasteiger charge is 2.13. The fraction of sp³-hybridized carbons (Fsp3) is 0.294. The number of benzene rings is 2. The molecular weight excluding hydrogens is 272 g/mol. The van der Waals surface area contributed by atoms with Gasteiger partial charge in [-0.3, -0.25) is 0 Å². The van der Waals surface area contributed by atoms with Gasteiger partial charge in [-0.1, -0.05) is 41.4 Å². The molecule has 3 heteroatoms. The van der Waals surface area contributed by atoms with Gasteiger partial charge in [0.15, 0.2) is 0 Å². The highest BCUT2D eigenvalue weighted by Crippen LogP contribution is 2.27.